The number of nitrogen functional groups attached to an aromatic ring is 2. The second kappa shape index (κ2) is 8.51. The van der Waals surface area contributed by atoms with E-state index in [1.807, 2.05) is 0 Å². The van der Waals surface area contributed by atoms with Gasteiger partial charge < -0.3 is 11.5 Å². The van der Waals surface area contributed by atoms with E-state index in [0.29, 0.717) is 0 Å². The van der Waals surface area contributed by atoms with Crippen LogP contribution in [-0.2, 0) is 15.8 Å². The fraction of sp³-hybridized carbons (Fsp3) is 0.111. The lowest BCUT2D eigenvalue weighted by atomic mass is 10.1. The number of alkyl halides is 3. The van der Waals surface area contributed by atoms with Crippen LogP contribution in [0, 0.1) is 10.8 Å². The SMILES string of the molecule is N=C=O.N=C=O.Nc1ccc(N)c(C(F)(F)F)c1. The first-order valence-corrected chi connectivity index (χ1v) is 4.04. The topological polar surface area (TPSA) is 134 Å². The average molecular weight is 262 g/mol. The fourth-order valence-corrected chi connectivity index (χ4v) is 0.819. The number of anilines is 2. The second-order valence-electron chi connectivity index (χ2n) is 2.55. The highest BCUT2D eigenvalue weighted by Gasteiger charge is 2.32. The third-order valence-corrected chi connectivity index (χ3v) is 1.38. The highest BCUT2D eigenvalue weighted by molar-refractivity contribution is 5.56. The number of nitrogens with two attached hydrogens (primary N) is 2. The zero-order chi connectivity index (χ0) is 14.8. The Hall–Kier alpha value is -2.63. The van der Waals surface area contributed by atoms with Gasteiger partial charge in [0.05, 0.1) is 5.56 Å². The van der Waals surface area contributed by atoms with Crippen LogP contribution in [0.1, 0.15) is 5.56 Å². The zero-order valence-corrected chi connectivity index (χ0v) is 8.84. The first-order valence-electron chi connectivity index (χ1n) is 4.04. The van der Waals surface area contributed by atoms with Gasteiger partial charge in [-0.3, -0.25) is 0 Å². The molecule has 98 valence electrons. The summed E-state index contributed by atoms with van der Waals surface area (Å²) in [4.78, 5) is 16.7. The molecular formula is C9H9F3N4O2. The molecule has 0 spiro atoms. The summed E-state index contributed by atoms with van der Waals surface area (Å²) in [6, 6.07) is 3.28. The number of hydrogen-bond acceptors (Lipinski definition) is 6. The molecule has 18 heavy (non-hydrogen) atoms. The first kappa shape index (κ1) is 17.8. The molecule has 1 aromatic carbocycles. The van der Waals surface area contributed by atoms with Gasteiger partial charge in [-0.25, -0.2) is 20.4 Å². The number of benzene rings is 1. The van der Waals surface area contributed by atoms with Crippen molar-refractivity contribution in [2.75, 3.05) is 11.5 Å². The Morgan fingerprint density at radius 2 is 1.44 bits per heavy atom. The Morgan fingerprint density at radius 1 is 1.06 bits per heavy atom. The summed E-state index contributed by atoms with van der Waals surface area (Å²) in [5.41, 5.74) is 9.13. The van der Waals surface area contributed by atoms with Gasteiger partial charge in [-0.2, -0.15) is 13.2 Å². The van der Waals surface area contributed by atoms with Crippen LogP contribution in [0.3, 0.4) is 0 Å². The predicted octanol–water partition coefficient (Wildman–Crippen LogP) is 1.67. The van der Waals surface area contributed by atoms with Gasteiger partial charge in [0.15, 0.2) is 0 Å². The third-order valence-electron chi connectivity index (χ3n) is 1.38. The summed E-state index contributed by atoms with van der Waals surface area (Å²) >= 11 is 0. The van der Waals surface area contributed by atoms with Crippen LogP contribution in [0.25, 0.3) is 0 Å². The standard InChI is InChI=1S/C7H7F3N2.2CHNO/c8-7(9,10)5-3-4(11)1-2-6(5)12;2*2-1-3/h1-3H,11-12H2;2*2H. The summed E-state index contributed by atoms with van der Waals surface area (Å²) in [6.45, 7) is 0. The van der Waals surface area contributed by atoms with E-state index in [-0.39, 0.29) is 11.4 Å². The highest BCUT2D eigenvalue weighted by Crippen LogP contribution is 2.34. The zero-order valence-electron chi connectivity index (χ0n) is 8.84. The van der Waals surface area contributed by atoms with Crippen molar-refractivity contribution in [3.63, 3.8) is 0 Å². The molecule has 1 aromatic rings. The van der Waals surface area contributed by atoms with E-state index in [9.17, 15) is 13.2 Å². The van der Waals surface area contributed by atoms with Gasteiger partial charge in [0.25, 0.3) is 0 Å². The van der Waals surface area contributed by atoms with Crippen molar-refractivity contribution in [2.45, 2.75) is 6.18 Å². The van der Waals surface area contributed by atoms with Crippen molar-refractivity contribution in [1.82, 2.24) is 0 Å². The average Bonchev–Trinajstić information content (AvgIpc) is 2.22. The molecule has 0 unspecified atom stereocenters. The van der Waals surface area contributed by atoms with Crippen LogP contribution in [0.15, 0.2) is 18.2 Å². The van der Waals surface area contributed by atoms with Crippen LogP contribution >= 0.6 is 0 Å². The molecule has 0 aliphatic carbocycles. The molecule has 0 aliphatic heterocycles. The lowest BCUT2D eigenvalue weighted by Gasteiger charge is -2.09. The quantitative estimate of drug-likeness (QED) is 0.321. The summed E-state index contributed by atoms with van der Waals surface area (Å²) in [5, 5.41) is 10.8. The van der Waals surface area contributed by atoms with Crippen molar-refractivity contribution in [3.8, 4) is 0 Å². The fourth-order valence-electron chi connectivity index (χ4n) is 0.819. The molecule has 0 bridgehead atoms. The minimum atomic E-state index is -4.43. The van der Waals surface area contributed by atoms with Gasteiger partial charge in [0.1, 0.15) is 0 Å². The van der Waals surface area contributed by atoms with Gasteiger partial charge in [0, 0.05) is 11.4 Å². The molecule has 9 heteroatoms. The second-order valence-corrected chi connectivity index (χ2v) is 2.55. The van der Waals surface area contributed by atoms with Gasteiger partial charge in [-0.05, 0) is 18.2 Å². The smallest absolute Gasteiger partial charge is 0.399 e. The van der Waals surface area contributed by atoms with Crippen LogP contribution < -0.4 is 11.5 Å². The van der Waals surface area contributed by atoms with Crippen molar-refractivity contribution in [3.05, 3.63) is 23.8 Å². The van der Waals surface area contributed by atoms with Crippen LogP contribution in [0.2, 0.25) is 0 Å². The molecule has 6 nitrogen and oxygen atoms in total. The number of hydrogen-bond donors (Lipinski definition) is 4. The first-order chi connectivity index (χ1) is 8.24. The third kappa shape index (κ3) is 7.63. The molecule has 0 heterocycles. The minimum absolute atomic E-state index is 0.0523. The normalized spacial score (nSPS) is 8.61. The largest absolute Gasteiger partial charge is 0.418 e. The summed E-state index contributed by atoms with van der Waals surface area (Å²) in [5.74, 6) is 0. The van der Waals surface area contributed by atoms with Crippen molar-refractivity contribution >= 4 is 23.5 Å². The van der Waals surface area contributed by atoms with Gasteiger partial charge >= 0.3 is 6.18 Å². The number of nitrogens with one attached hydrogen (secondary N) is 2. The summed E-state index contributed by atoms with van der Waals surface area (Å²) < 4.78 is 36.3. The van der Waals surface area contributed by atoms with Crippen molar-refractivity contribution in [1.29, 1.82) is 10.8 Å². The van der Waals surface area contributed by atoms with Gasteiger partial charge in [-0.15, -0.1) is 0 Å². The number of isocyanates is 2. The van der Waals surface area contributed by atoms with Crippen molar-refractivity contribution in [2.24, 2.45) is 0 Å². The number of rotatable bonds is 0. The maximum absolute atomic E-state index is 12.1. The molecule has 0 saturated carbocycles. The maximum Gasteiger partial charge on any atom is 0.418 e. The van der Waals surface area contributed by atoms with E-state index in [2.05, 4.69) is 0 Å². The molecule has 6 N–H and O–H groups in total. The monoisotopic (exact) mass is 262 g/mol. The number of carbonyl (C=O) groups excluding carboxylic acids is 2. The lowest BCUT2D eigenvalue weighted by molar-refractivity contribution is -0.136. The molecule has 0 fully saturated rings. The molecule has 0 amide bonds. The Morgan fingerprint density at radius 3 is 1.72 bits per heavy atom. The maximum atomic E-state index is 12.1. The molecule has 0 atom stereocenters. The Labute approximate surface area is 99.4 Å². The molecule has 1 rings (SSSR count). The lowest BCUT2D eigenvalue weighted by Crippen LogP contribution is -2.09. The minimum Gasteiger partial charge on any atom is -0.399 e. The summed E-state index contributed by atoms with van der Waals surface area (Å²) in [7, 11) is 0. The number of halogens is 3. The van der Waals surface area contributed by atoms with Crippen LogP contribution in [-0.4, -0.2) is 12.2 Å². The summed E-state index contributed by atoms with van der Waals surface area (Å²) in [6.07, 6.45) is -2.93. The molecule has 0 aliphatic rings. The molecular weight excluding hydrogens is 253 g/mol. The van der Waals surface area contributed by atoms with E-state index in [1.54, 1.807) is 0 Å². The Bertz CT molecular complexity index is 436. The molecule has 0 aromatic heterocycles. The van der Waals surface area contributed by atoms with E-state index >= 15 is 0 Å². The van der Waals surface area contributed by atoms with E-state index < -0.39 is 11.7 Å². The van der Waals surface area contributed by atoms with Crippen LogP contribution in [0.5, 0.6) is 0 Å². The van der Waals surface area contributed by atoms with Gasteiger partial charge in [-0.1, -0.05) is 0 Å². The Balaban J connectivity index is 0. The molecule has 0 saturated heterocycles. The highest BCUT2D eigenvalue weighted by atomic mass is 19.4. The van der Waals surface area contributed by atoms with Crippen LogP contribution in [0.4, 0.5) is 24.5 Å². The predicted molar refractivity (Wildman–Crippen MR) is 57.1 cm³/mol. The Kier molecular flexibility index (Phi) is 8.40. The molecule has 0 radical (unpaired) electrons. The van der Waals surface area contributed by atoms with Gasteiger partial charge in [0.2, 0.25) is 12.2 Å². The van der Waals surface area contributed by atoms with E-state index in [0.717, 1.165) is 24.3 Å². The van der Waals surface area contributed by atoms with Crippen molar-refractivity contribution < 1.29 is 22.8 Å². The van der Waals surface area contributed by atoms with E-state index in [1.165, 1.54) is 6.07 Å². The van der Waals surface area contributed by atoms with E-state index in [4.69, 9.17) is 31.9 Å².